The van der Waals surface area contributed by atoms with Crippen LogP contribution in [-0.4, -0.2) is 56.1 Å². The minimum absolute atomic E-state index is 0.0666. The van der Waals surface area contributed by atoms with Gasteiger partial charge < -0.3 is 10.2 Å². The number of piperazine rings is 1. The average molecular weight is 576 g/mol. The highest BCUT2D eigenvalue weighted by Crippen LogP contribution is 2.36. The first-order chi connectivity index (χ1) is 17.9. The quantitative estimate of drug-likeness (QED) is 0.305. The Kier molecular flexibility index (Phi) is 8.50. The maximum Gasteiger partial charge on any atom is 0.294 e. The Balaban J connectivity index is 0.000000138. The molecule has 0 radical (unpaired) electrons. The zero-order chi connectivity index (χ0) is 27.5. The first kappa shape index (κ1) is 28.1. The van der Waals surface area contributed by atoms with E-state index in [1.54, 1.807) is 24.3 Å². The fourth-order valence-electron chi connectivity index (χ4n) is 4.25. The average Bonchev–Trinajstić information content (AvgIpc) is 3.60. The Morgan fingerprint density at radius 2 is 1.45 bits per heavy atom. The highest BCUT2D eigenvalue weighted by Gasteiger charge is 2.38. The number of nitrogens with zero attached hydrogens (tertiary/aromatic N) is 2. The molecule has 0 amide bonds. The summed E-state index contributed by atoms with van der Waals surface area (Å²) in [5.74, 6) is 0. The van der Waals surface area contributed by atoms with Crippen LogP contribution in [0.25, 0.3) is 10.2 Å². The number of aromatic nitrogens is 1. The molecule has 38 heavy (non-hydrogen) atoms. The summed E-state index contributed by atoms with van der Waals surface area (Å²) < 4.78 is 60.4. The van der Waals surface area contributed by atoms with Gasteiger partial charge in [-0.25, -0.2) is 0 Å². The van der Waals surface area contributed by atoms with E-state index in [0.717, 1.165) is 29.7 Å². The molecule has 0 spiro atoms. The lowest BCUT2D eigenvalue weighted by Gasteiger charge is -2.27. The van der Waals surface area contributed by atoms with Crippen molar-refractivity contribution in [2.45, 2.75) is 42.1 Å². The van der Waals surface area contributed by atoms with E-state index in [2.05, 4.69) is 27.3 Å². The molecular weight excluding hydrogens is 547 g/mol. The maximum atomic E-state index is 10.5. The minimum atomic E-state index is -4.02. The van der Waals surface area contributed by atoms with Crippen LogP contribution in [0, 0.1) is 13.8 Å². The van der Waals surface area contributed by atoms with Crippen LogP contribution < -0.4 is 10.2 Å². The Hall–Kier alpha value is -2.87. The molecule has 12 heteroatoms. The van der Waals surface area contributed by atoms with Crippen molar-refractivity contribution in [3.63, 3.8) is 0 Å². The second kappa shape index (κ2) is 11.5. The van der Waals surface area contributed by atoms with Gasteiger partial charge in [-0.05, 0) is 62.7 Å². The van der Waals surface area contributed by atoms with Gasteiger partial charge in [0.15, 0.2) is 0 Å². The zero-order valence-electron chi connectivity index (χ0n) is 20.9. The summed E-state index contributed by atoms with van der Waals surface area (Å²) in [4.78, 5) is 6.82. The largest absolute Gasteiger partial charge is 0.357 e. The number of fused-ring (bicyclic) bond motifs is 3. The van der Waals surface area contributed by atoms with Gasteiger partial charge in [0.25, 0.3) is 20.2 Å². The van der Waals surface area contributed by atoms with E-state index in [9.17, 15) is 16.8 Å². The van der Waals surface area contributed by atoms with Crippen molar-refractivity contribution >= 4 is 46.8 Å². The first-order valence-corrected chi connectivity index (χ1v) is 15.5. The van der Waals surface area contributed by atoms with Crippen LogP contribution >= 0.6 is 11.3 Å². The molecule has 2 aromatic carbocycles. The number of hydrogen-bond donors (Lipinski definition) is 3. The van der Waals surface area contributed by atoms with Crippen LogP contribution in [0.15, 0.2) is 82.7 Å². The van der Waals surface area contributed by atoms with Crippen molar-refractivity contribution in [2.24, 2.45) is 0 Å². The Bertz CT molecular complexity index is 1500. The van der Waals surface area contributed by atoms with Gasteiger partial charge >= 0.3 is 0 Å². The first-order valence-electron chi connectivity index (χ1n) is 11.8. The highest BCUT2D eigenvalue weighted by atomic mass is 32.2. The maximum absolute atomic E-state index is 10.5. The molecule has 6 rings (SSSR count). The monoisotopic (exact) mass is 575 g/mol. The summed E-state index contributed by atoms with van der Waals surface area (Å²) >= 11 is 1.87. The fraction of sp³-hybridized carbons (Fsp3) is 0.269. The summed E-state index contributed by atoms with van der Waals surface area (Å²) in [5, 5.41) is 4.93. The molecular formula is C26H29N3O6S3. The van der Waals surface area contributed by atoms with E-state index >= 15 is 0 Å². The number of rotatable bonds is 3. The Morgan fingerprint density at radius 1 is 0.895 bits per heavy atom. The molecule has 2 saturated heterocycles. The highest BCUT2D eigenvalue weighted by molar-refractivity contribution is 7.86. The molecule has 3 N–H and O–H groups in total. The molecule has 2 bridgehead atoms. The minimum Gasteiger partial charge on any atom is -0.357 e. The van der Waals surface area contributed by atoms with E-state index in [0.29, 0.717) is 12.1 Å². The lowest BCUT2D eigenvalue weighted by atomic mass is 10.2. The van der Waals surface area contributed by atoms with Crippen LogP contribution in [-0.2, 0) is 20.2 Å². The van der Waals surface area contributed by atoms with Crippen LogP contribution in [0.4, 0.5) is 5.00 Å². The summed E-state index contributed by atoms with van der Waals surface area (Å²) in [6.45, 7) is 5.99. The van der Waals surface area contributed by atoms with Crippen molar-refractivity contribution in [3.8, 4) is 0 Å². The van der Waals surface area contributed by atoms with E-state index in [1.165, 1.54) is 40.4 Å². The van der Waals surface area contributed by atoms with Gasteiger partial charge in [-0.3, -0.25) is 14.1 Å². The summed E-state index contributed by atoms with van der Waals surface area (Å²) in [5.41, 5.74) is 3.05. The molecule has 0 unspecified atom stereocenters. The van der Waals surface area contributed by atoms with Gasteiger partial charge in [0.05, 0.1) is 25.0 Å². The number of aryl methyl sites for hydroxylation is 2. The van der Waals surface area contributed by atoms with Gasteiger partial charge in [-0.15, -0.1) is 11.3 Å². The van der Waals surface area contributed by atoms with Gasteiger partial charge in [-0.1, -0.05) is 35.4 Å². The third kappa shape index (κ3) is 7.16. The smallest absolute Gasteiger partial charge is 0.294 e. The molecule has 2 aromatic heterocycles. The molecule has 2 fully saturated rings. The number of hydrogen-bond acceptors (Lipinski definition) is 8. The number of anilines is 1. The lowest BCUT2D eigenvalue weighted by Crippen LogP contribution is -2.43. The summed E-state index contributed by atoms with van der Waals surface area (Å²) in [6, 6.07) is 19.8. The Labute approximate surface area is 226 Å². The third-order valence-corrected chi connectivity index (χ3v) is 9.11. The second-order valence-corrected chi connectivity index (χ2v) is 13.1. The van der Waals surface area contributed by atoms with Crippen molar-refractivity contribution < 1.29 is 25.9 Å². The van der Waals surface area contributed by atoms with E-state index < -0.39 is 20.2 Å². The topological polar surface area (TPSA) is 137 Å². The van der Waals surface area contributed by atoms with Crippen molar-refractivity contribution in [3.05, 3.63) is 84.1 Å². The zero-order valence-corrected chi connectivity index (χ0v) is 23.3. The molecule has 4 heterocycles. The van der Waals surface area contributed by atoms with E-state index in [4.69, 9.17) is 9.11 Å². The molecule has 2 aliphatic rings. The predicted octanol–water partition coefficient (Wildman–Crippen LogP) is 4.33. The van der Waals surface area contributed by atoms with Crippen molar-refractivity contribution in [2.75, 3.05) is 18.0 Å². The summed E-state index contributed by atoms with van der Waals surface area (Å²) in [7, 11) is -8.04. The van der Waals surface area contributed by atoms with Crippen LogP contribution in [0.2, 0.25) is 0 Å². The van der Waals surface area contributed by atoms with E-state index in [1.807, 2.05) is 37.4 Å². The van der Waals surface area contributed by atoms with Crippen molar-refractivity contribution in [1.29, 1.82) is 0 Å². The van der Waals surface area contributed by atoms with Gasteiger partial charge in [0.1, 0.15) is 0 Å². The summed E-state index contributed by atoms with van der Waals surface area (Å²) in [6.07, 6.45) is 3.18. The number of benzene rings is 2. The molecule has 4 aromatic rings. The van der Waals surface area contributed by atoms with E-state index in [-0.39, 0.29) is 9.79 Å². The van der Waals surface area contributed by atoms with Gasteiger partial charge in [0, 0.05) is 31.4 Å². The molecule has 2 aliphatic heterocycles. The number of nitrogens with one attached hydrogen (secondary N) is 1. The molecule has 0 saturated carbocycles. The molecule has 0 aliphatic carbocycles. The van der Waals surface area contributed by atoms with Crippen molar-refractivity contribution in [1.82, 2.24) is 10.3 Å². The Morgan fingerprint density at radius 3 is 1.87 bits per heavy atom. The van der Waals surface area contributed by atoms with Crippen LogP contribution in [0.3, 0.4) is 0 Å². The molecule has 202 valence electrons. The third-order valence-electron chi connectivity index (χ3n) is 6.25. The van der Waals surface area contributed by atoms with Crippen LogP contribution in [0.5, 0.6) is 0 Å². The standard InChI is InChI=1S/C12H13N3S.2C7H8O3S/c1-2-11-10(13-3-1)5-12(16-11)15-7-8-4-9(15)6-14-8;2*1-6-2-4-7(5-3-6)11(8,9)10/h1-3,5,8-9,14H,4,6-7H2;2*2-5H,1H3,(H,8,9,10)/t8-,9-;;/m0../s1. The molecule has 9 nitrogen and oxygen atoms in total. The number of thiophene rings is 1. The van der Waals surface area contributed by atoms with Crippen LogP contribution in [0.1, 0.15) is 17.5 Å². The molecule has 2 atom stereocenters. The predicted molar refractivity (Wildman–Crippen MR) is 149 cm³/mol. The van der Waals surface area contributed by atoms with Gasteiger partial charge in [-0.2, -0.15) is 16.8 Å². The fourth-order valence-corrected chi connectivity index (χ4v) is 6.31. The lowest BCUT2D eigenvalue weighted by molar-refractivity contribution is 0.481. The second-order valence-electron chi connectivity index (χ2n) is 9.19. The normalized spacial score (nSPS) is 18.5. The number of pyridine rings is 1. The SMILES string of the molecule is Cc1ccc(S(=O)(=O)O)cc1.Cc1ccc(S(=O)(=O)O)cc1.c1cnc2cc(N3C[C@@H]4C[C@H]3CN4)sc2c1. The van der Waals surface area contributed by atoms with Gasteiger partial charge in [0.2, 0.25) is 0 Å².